The van der Waals surface area contributed by atoms with E-state index in [9.17, 15) is 9.59 Å². The lowest BCUT2D eigenvalue weighted by Gasteiger charge is -2.18. The van der Waals surface area contributed by atoms with E-state index < -0.39 is 0 Å². The van der Waals surface area contributed by atoms with Gasteiger partial charge in [-0.2, -0.15) is 0 Å². The van der Waals surface area contributed by atoms with Crippen LogP contribution in [0.3, 0.4) is 0 Å². The molecular formula is C20H30N2O3. The number of hydrogen-bond donors (Lipinski definition) is 1. The fraction of sp³-hybridized carbons (Fsp3) is 0.500. The first-order valence-electron chi connectivity index (χ1n) is 8.98. The molecule has 0 aromatic heterocycles. The third kappa shape index (κ3) is 6.70. The van der Waals surface area contributed by atoms with E-state index in [1.54, 1.807) is 24.3 Å². The normalized spacial score (nSPS) is 10.6. The van der Waals surface area contributed by atoms with E-state index in [1.165, 1.54) is 0 Å². The molecule has 1 rings (SSSR count). The van der Waals surface area contributed by atoms with Crippen molar-refractivity contribution in [2.24, 2.45) is 0 Å². The number of nitrogens with one attached hydrogen (secondary N) is 1. The highest BCUT2D eigenvalue weighted by Gasteiger charge is 2.16. The molecule has 5 nitrogen and oxygen atoms in total. The lowest BCUT2D eigenvalue weighted by atomic mass is 10.0. The molecule has 0 radical (unpaired) electrons. The van der Waals surface area contributed by atoms with Crippen LogP contribution in [0.2, 0.25) is 0 Å². The maximum absolute atomic E-state index is 12.6. The summed E-state index contributed by atoms with van der Waals surface area (Å²) in [5.74, 6) is 0.278. The number of nitrogens with zero attached hydrogens (tertiary/aromatic N) is 1. The van der Waals surface area contributed by atoms with Gasteiger partial charge in [0, 0.05) is 25.1 Å². The van der Waals surface area contributed by atoms with Gasteiger partial charge >= 0.3 is 0 Å². The van der Waals surface area contributed by atoms with E-state index in [0.29, 0.717) is 36.4 Å². The van der Waals surface area contributed by atoms with Crippen molar-refractivity contribution >= 4 is 11.7 Å². The van der Waals surface area contributed by atoms with Crippen LogP contribution < -0.4 is 10.1 Å². The summed E-state index contributed by atoms with van der Waals surface area (Å²) in [4.78, 5) is 26.9. The average molecular weight is 346 g/mol. The van der Waals surface area contributed by atoms with Crippen molar-refractivity contribution < 1.29 is 14.3 Å². The molecule has 0 bridgehead atoms. The van der Waals surface area contributed by atoms with Crippen LogP contribution in [0, 0.1) is 0 Å². The molecule has 0 aliphatic heterocycles. The van der Waals surface area contributed by atoms with Crippen molar-refractivity contribution in [1.29, 1.82) is 0 Å². The van der Waals surface area contributed by atoms with Crippen LogP contribution in [0.4, 0.5) is 0 Å². The molecule has 0 saturated heterocycles. The van der Waals surface area contributed by atoms with Gasteiger partial charge in [-0.15, -0.1) is 0 Å². The summed E-state index contributed by atoms with van der Waals surface area (Å²) < 4.78 is 5.57. The number of rotatable bonds is 12. The fourth-order valence-corrected chi connectivity index (χ4v) is 2.49. The Kier molecular flexibility index (Phi) is 9.55. The Balaban J connectivity index is 2.90. The second-order valence-electron chi connectivity index (χ2n) is 5.77. The van der Waals surface area contributed by atoms with Crippen molar-refractivity contribution in [1.82, 2.24) is 10.2 Å². The highest BCUT2D eigenvalue weighted by Crippen LogP contribution is 2.21. The minimum atomic E-state index is -0.225. The molecule has 1 aromatic rings. The number of carbonyl (C=O) groups is 2. The smallest absolute Gasteiger partial charge is 0.255 e. The molecule has 0 heterocycles. The quantitative estimate of drug-likeness (QED) is 0.466. The monoisotopic (exact) mass is 346 g/mol. The van der Waals surface area contributed by atoms with Gasteiger partial charge in [-0.05, 0) is 37.7 Å². The topological polar surface area (TPSA) is 58.6 Å². The molecule has 0 fully saturated rings. The third-order valence-electron chi connectivity index (χ3n) is 3.99. The average Bonchev–Trinajstić information content (AvgIpc) is 2.63. The molecule has 0 aliphatic carbocycles. The molecule has 0 unspecified atom stereocenters. The van der Waals surface area contributed by atoms with Crippen LogP contribution >= 0.6 is 0 Å². The van der Waals surface area contributed by atoms with E-state index in [1.807, 2.05) is 6.92 Å². The summed E-state index contributed by atoms with van der Waals surface area (Å²) in [6.45, 7) is 13.3. The summed E-state index contributed by atoms with van der Waals surface area (Å²) in [5.41, 5.74) is 0.935. The fourth-order valence-electron chi connectivity index (χ4n) is 2.49. The van der Waals surface area contributed by atoms with Gasteiger partial charge in [0.15, 0.2) is 5.78 Å². The van der Waals surface area contributed by atoms with E-state index in [4.69, 9.17) is 4.74 Å². The largest absolute Gasteiger partial charge is 0.489 e. The Bertz CT molecular complexity index is 580. The van der Waals surface area contributed by atoms with Gasteiger partial charge < -0.3 is 15.0 Å². The first-order chi connectivity index (χ1) is 12.1. The molecule has 1 N–H and O–H groups in total. The zero-order valence-electron chi connectivity index (χ0n) is 15.6. The van der Waals surface area contributed by atoms with Gasteiger partial charge in [0.2, 0.25) is 0 Å². The molecule has 25 heavy (non-hydrogen) atoms. The molecular weight excluding hydrogens is 316 g/mol. The van der Waals surface area contributed by atoms with Crippen LogP contribution in [0.5, 0.6) is 5.75 Å². The van der Waals surface area contributed by atoms with Crippen LogP contribution in [0.1, 0.15) is 54.3 Å². The number of benzene rings is 1. The number of Topliss-reactive ketones (excluding diaryl/α,β-unsaturated/α-hetero) is 1. The molecule has 1 amide bonds. The van der Waals surface area contributed by atoms with Crippen molar-refractivity contribution in [2.75, 3.05) is 32.8 Å². The molecule has 138 valence electrons. The SMILES string of the molecule is C=CCOc1ccc(C(=O)CCC)cc1C(=O)NCCN(CC)CC. The zero-order chi connectivity index (χ0) is 18.7. The highest BCUT2D eigenvalue weighted by molar-refractivity contribution is 6.02. The molecule has 1 aromatic carbocycles. The van der Waals surface area contributed by atoms with Crippen LogP contribution in [-0.4, -0.2) is 49.4 Å². The predicted molar refractivity (Wildman–Crippen MR) is 101 cm³/mol. The molecule has 0 atom stereocenters. The number of carbonyl (C=O) groups excluding carboxylic acids is 2. The second kappa shape index (κ2) is 11.4. The van der Waals surface area contributed by atoms with Gasteiger partial charge in [0.25, 0.3) is 5.91 Å². The van der Waals surface area contributed by atoms with E-state index in [-0.39, 0.29) is 11.7 Å². The zero-order valence-corrected chi connectivity index (χ0v) is 15.6. The Labute approximate surface area is 151 Å². The molecule has 0 aliphatic rings. The van der Waals surface area contributed by atoms with Gasteiger partial charge in [-0.3, -0.25) is 9.59 Å². The lowest BCUT2D eigenvalue weighted by molar-refractivity contribution is 0.0945. The molecule has 0 spiro atoms. The highest BCUT2D eigenvalue weighted by atomic mass is 16.5. The number of amides is 1. The van der Waals surface area contributed by atoms with Gasteiger partial charge in [0.05, 0.1) is 5.56 Å². The van der Waals surface area contributed by atoms with Crippen molar-refractivity contribution in [2.45, 2.75) is 33.6 Å². The Hall–Kier alpha value is -2.14. The predicted octanol–water partition coefficient (Wildman–Crippen LogP) is 3.31. The van der Waals surface area contributed by atoms with Gasteiger partial charge in [-0.1, -0.05) is 33.4 Å². The van der Waals surface area contributed by atoms with Crippen molar-refractivity contribution in [3.8, 4) is 5.75 Å². The Morgan fingerprint density at radius 1 is 1.24 bits per heavy atom. The molecule has 0 saturated carbocycles. The van der Waals surface area contributed by atoms with Crippen molar-refractivity contribution in [3.05, 3.63) is 42.0 Å². The van der Waals surface area contributed by atoms with E-state index in [2.05, 4.69) is 30.6 Å². The number of ether oxygens (including phenoxy) is 1. The minimum absolute atomic E-state index is 0.0370. The number of ketones is 1. The van der Waals surface area contributed by atoms with E-state index in [0.717, 1.165) is 26.1 Å². The summed E-state index contributed by atoms with van der Waals surface area (Å²) in [6.07, 6.45) is 2.87. The van der Waals surface area contributed by atoms with Gasteiger partial charge in [-0.25, -0.2) is 0 Å². The maximum atomic E-state index is 12.6. The van der Waals surface area contributed by atoms with Crippen LogP contribution in [0.25, 0.3) is 0 Å². The standard InChI is InChI=1S/C20H30N2O3/c1-5-9-18(23)16-10-11-19(25-14-6-2)17(15-16)20(24)21-12-13-22(7-3)8-4/h6,10-11,15H,2,5,7-9,12-14H2,1,3-4H3,(H,21,24). The third-order valence-corrected chi connectivity index (χ3v) is 3.99. The van der Waals surface area contributed by atoms with E-state index >= 15 is 0 Å². The molecule has 5 heteroatoms. The Morgan fingerprint density at radius 3 is 2.56 bits per heavy atom. The maximum Gasteiger partial charge on any atom is 0.255 e. The number of hydrogen-bond acceptors (Lipinski definition) is 4. The second-order valence-corrected chi connectivity index (χ2v) is 5.77. The van der Waals surface area contributed by atoms with Crippen LogP contribution in [0.15, 0.2) is 30.9 Å². The van der Waals surface area contributed by atoms with Crippen molar-refractivity contribution in [3.63, 3.8) is 0 Å². The first-order valence-corrected chi connectivity index (χ1v) is 8.98. The summed E-state index contributed by atoms with van der Waals surface area (Å²) in [7, 11) is 0. The lowest BCUT2D eigenvalue weighted by Crippen LogP contribution is -2.35. The summed E-state index contributed by atoms with van der Waals surface area (Å²) in [6, 6.07) is 5.03. The Morgan fingerprint density at radius 2 is 1.96 bits per heavy atom. The summed E-state index contributed by atoms with van der Waals surface area (Å²) in [5, 5.41) is 2.92. The van der Waals surface area contributed by atoms with Crippen LogP contribution in [-0.2, 0) is 0 Å². The summed E-state index contributed by atoms with van der Waals surface area (Å²) >= 11 is 0. The number of likely N-dealkylation sites (N-methyl/N-ethyl adjacent to an activating group) is 1. The minimum Gasteiger partial charge on any atom is -0.489 e. The van der Waals surface area contributed by atoms with Gasteiger partial charge in [0.1, 0.15) is 12.4 Å². The first kappa shape index (κ1) is 20.9.